The molecular formula is C20H23N5O. The van der Waals surface area contributed by atoms with E-state index in [1.807, 2.05) is 38.1 Å². The van der Waals surface area contributed by atoms with Crippen molar-refractivity contribution in [3.63, 3.8) is 0 Å². The number of hydrogen-bond donors (Lipinski definition) is 2. The molecule has 0 amide bonds. The molecule has 0 saturated heterocycles. The van der Waals surface area contributed by atoms with Gasteiger partial charge >= 0.3 is 0 Å². The van der Waals surface area contributed by atoms with Gasteiger partial charge in [-0.05, 0) is 63.1 Å². The van der Waals surface area contributed by atoms with E-state index in [0.29, 0.717) is 11.8 Å². The predicted octanol–water partition coefficient (Wildman–Crippen LogP) is 4.76. The average molecular weight is 349 g/mol. The number of aromatic nitrogens is 3. The first-order chi connectivity index (χ1) is 12.5. The number of nitrogens with one attached hydrogen (secondary N) is 2. The summed E-state index contributed by atoms with van der Waals surface area (Å²) in [6.45, 7) is 8.11. The van der Waals surface area contributed by atoms with Crippen LogP contribution in [0.3, 0.4) is 0 Å². The van der Waals surface area contributed by atoms with Crippen molar-refractivity contribution in [2.24, 2.45) is 0 Å². The Morgan fingerprint density at radius 2 is 1.69 bits per heavy atom. The summed E-state index contributed by atoms with van der Waals surface area (Å²) in [5.74, 6) is 1.77. The summed E-state index contributed by atoms with van der Waals surface area (Å²) in [6.07, 6.45) is 1.67. The fraction of sp³-hybridized carbons (Fsp3) is 0.250. The highest BCUT2D eigenvalue weighted by Crippen LogP contribution is 2.27. The van der Waals surface area contributed by atoms with E-state index < -0.39 is 0 Å². The van der Waals surface area contributed by atoms with E-state index >= 15 is 0 Å². The Balaban J connectivity index is 1.80. The summed E-state index contributed by atoms with van der Waals surface area (Å²) in [5, 5.41) is 14.5. The standard InChI is InChI=1S/C20H23N5O/c1-13(2)26-18-8-6-5-7-17(18)23-20-24-19(12-21-25-20)22-16-10-14(3)9-15(4)11-16/h5-13H,1-4H3,(H2,22,23,24,25). The van der Waals surface area contributed by atoms with Crippen molar-refractivity contribution in [3.05, 3.63) is 59.8 Å². The van der Waals surface area contributed by atoms with Crippen LogP contribution in [0.5, 0.6) is 5.75 Å². The quantitative estimate of drug-likeness (QED) is 0.668. The van der Waals surface area contributed by atoms with Crippen LogP contribution in [0, 0.1) is 13.8 Å². The number of benzene rings is 2. The molecule has 0 saturated carbocycles. The summed E-state index contributed by atoms with van der Waals surface area (Å²) in [5.41, 5.74) is 4.14. The van der Waals surface area contributed by atoms with Crippen molar-refractivity contribution < 1.29 is 4.74 Å². The van der Waals surface area contributed by atoms with E-state index in [-0.39, 0.29) is 6.10 Å². The molecule has 6 nitrogen and oxygen atoms in total. The molecular weight excluding hydrogens is 326 g/mol. The number of nitrogens with zero attached hydrogens (tertiary/aromatic N) is 3. The molecule has 2 aromatic carbocycles. The Morgan fingerprint density at radius 1 is 0.962 bits per heavy atom. The number of aryl methyl sites for hydroxylation is 2. The van der Waals surface area contributed by atoms with Crippen LogP contribution in [0.1, 0.15) is 25.0 Å². The third-order valence-electron chi connectivity index (χ3n) is 3.55. The second-order valence-corrected chi connectivity index (χ2v) is 6.45. The Morgan fingerprint density at radius 3 is 2.42 bits per heavy atom. The zero-order valence-electron chi connectivity index (χ0n) is 15.4. The number of rotatable bonds is 6. The van der Waals surface area contributed by atoms with Crippen molar-refractivity contribution >= 4 is 23.1 Å². The molecule has 1 aromatic heterocycles. The van der Waals surface area contributed by atoms with Crippen LogP contribution in [0.25, 0.3) is 0 Å². The first kappa shape index (κ1) is 17.7. The Bertz CT molecular complexity index is 875. The summed E-state index contributed by atoms with van der Waals surface area (Å²) < 4.78 is 5.82. The minimum atomic E-state index is 0.0783. The molecule has 26 heavy (non-hydrogen) atoms. The first-order valence-electron chi connectivity index (χ1n) is 8.57. The second kappa shape index (κ2) is 7.82. The lowest BCUT2D eigenvalue weighted by atomic mass is 10.1. The van der Waals surface area contributed by atoms with Gasteiger partial charge in [0.25, 0.3) is 0 Å². The van der Waals surface area contributed by atoms with Gasteiger partial charge in [0.2, 0.25) is 5.95 Å². The van der Waals surface area contributed by atoms with Crippen LogP contribution in [0.2, 0.25) is 0 Å². The Hall–Kier alpha value is -3.15. The van der Waals surface area contributed by atoms with Crippen LogP contribution in [-0.2, 0) is 0 Å². The molecule has 0 bridgehead atoms. The van der Waals surface area contributed by atoms with Crippen LogP contribution >= 0.6 is 0 Å². The molecule has 0 unspecified atom stereocenters. The molecule has 0 spiro atoms. The minimum Gasteiger partial charge on any atom is -0.489 e. The molecule has 3 rings (SSSR count). The number of hydrogen-bond acceptors (Lipinski definition) is 6. The van der Waals surface area contributed by atoms with E-state index in [9.17, 15) is 0 Å². The van der Waals surface area contributed by atoms with Crippen molar-refractivity contribution in [2.45, 2.75) is 33.8 Å². The van der Waals surface area contributed by atoms with Crippen molar-refractivity contribution in [1.29, 1.82) is 0 Å². The molecule has 0 atom stereocenters. The average Bonchev–Trinajstić information content (AvgIpc) is 2.55. The fourth-order valence-corrected chi connectivity index (χ4v) is 2.66. The van der Waals surface area contributed by atoms with Gasteiger partial charge in [-0.1, -0.05) is 18.2 Å². The summed E-state index contributed by atoms with van der Waals surface area (Å²) in [6, 6.07) is 13.9. The molecule has 1 heterocycles. The van der Waals surface area contributed by atoms with Gasteiger partial charge in [0.05, 0.1) is 18.0 Å². The van der Waals surface area contributed by atoms with Gasteiger partial charge in [-0.2, -0.15) is 10.1 Å². The van der Waals surface area contributed by atoms with Gasteiger partial charge in [0.1, 0.15) is 5.75 Å². The van der Waals surface area contributed by atoms with E-state index in [1.54, 1.807) is 6.20 Å². The van der Waals surface area contributed by atoms with E-state index in [2.05, 4.69) is 57.9 Å². The Labute approximate surface area is 153 Å². The zero-order chi connectivity index (χ0) is 18.5. The maximum Gasteiger partial charge on any atom is 0.249 e. The molecule has 6 heteroatoms. The monoisotopic (exact) mass is 349 g/mol. The maximum absolute atomic E-state index is 5.82. The highest BCUT2D eigenvalue weighted by Gasteiger charge is 2.08. The fourth-order valence-electron chi connectivity index (χ4n) is 2.66. The van der Waals surface area contributed by atoms with Crippen LogP contribution in [0.15, 0.2) is 48.7 Å². The lowest BCUT2D eigenvalue weighted by Gasteiger charge is -2.14. The topological polar surface area (TPSA) is 72.0 Å². The lowest BCUT2D eigenvalue weighted by molar-refractivity contribution is 0.244. The van der Waals surface area contributed by atoms with E-state index in [0.717, 1.165) is 17.1 Å². The van der Waals surface area contributed by atoms with Gasteiger partial charge < -0.3 is 15.4 Å². The van der Waals surface area contributed by atoms with Crippen LogP contribution in [-0.4, -0.2) is 21.3 Å². The third-order valence-corrected chi connectivity index (χ3v) is 3.55. The van der Waals surface area contributed by atoms with Crippen LogP contribution < -0.4 is 15.4 Å². The summed E-state index contributed by atoms with van der Waals surface area (Å²) >= 11 is 0. The van der Waals surface area contributed by atoms with Crippen LogP contribution in [0.4, 0.5) is 23.1 Å². The SMILES string of the molecule is Cc1cc(C)cc(Nc2cnnc(Nc3ccccc3OC(C)C)n2)c1. The predicted molar refractivity (Wildman–Crippen MR) is 105 cm³/mol. The van der Waals surface area contributed by atoms with Gasteiger partial charge in [-0.25, -0.2) is 0 Å². The summed E-state index contributed by atoms with van der Waals surface area (Å²) in [7, 11) is 0. The molecule has 0 aliphatic heterocycles. The Kier molecular flexibility index (Phi) is 5.31. The van der Waals surface area contributed by atoms with E-state index in [1.165, 1.54) is 11.1 Å². The minimum absolute atomic E-state index is 0.0783. The second-order valence-electron chi connectivity index (χ2n) is 6.45. The van der Waals surface area contributed by atoms with Gasteiger partial charge in [-0.3, -0.25) is 0 Å². The highest BCUT2D eigenvalue weighted by atomic mass is 16.5. The highest BCUT2D eigenvalue weighted by molar-refractivity contribution is 5.64. The molecule has 0 fully saturated rings. The van der Waals surface area contributed by atoms with Crippen molar-refractivity contribution in [1.82, 2.24) is 15.2 Å². The lowest BCUT2D eigenvalue weighted by Crippen LogP contribution is -2.08. The molecule has 3 aromatic rings. The third kappa shape index (κ3) is 4.69. The molecule has 0 aliphatic carbocycles. The molecule has 0 aliphatic rings. The van der Waals surface area contributed by atoms with E-state index in [4.69, 9.17) is 4.74 Å². The van der Waals surface area contributed by atoms with Gasteiger partial charge in [0.15, 0.2) is 5.82 Å². The largest absolute Gasteiger partial charge is 0.489 e. The summed E-state index contributed by atoms with van der Waals surface area (Å²) in [4.78, 5) is 4.49. The van der Waals surface area contributed by atoms with Crippen molar-refractivity contribution in [3.8, 4) is 5.75 Å². The van der Waals surface area contributed by atoms with Gasteiger partial charge in [0, 0.05) is 5.69 Å². The number of para-hydroxylation sites is 2. The smallest absolute Gasteiger partial charge is 0.249 e. The number of ether oxygens (including phenoxy) is 1. The van der Waals surface area contributed by atoms with Gasteiger partial charge in [-0.15, -0.1) is 5.10 Å². The molecule has 2 N–H and O–H groups in total. The zero-order valence-corrected chi connectivity index (χ0v) is 15.4. The maximum atomic E-state index is 5.82. The number of anilines is 4. The first-order valence-corrected chi connectivity index (χ1v) is 8.57. The molecule has 134 valence electrons. The van der Waals surface area contributed by atoms with Crippen molar-refractivity contribution in [2.75, 3.05) is 10.6 Å². The normalized spacial score (nSPS) is 10.7. The molecule has 0 radical (unpaired) electrons.